The molecule has 1 aliphatic carbocycles. The number of carbonyl (C=O) groups excluding carboxylic acids is 1. The molecule has 1 saturated carbocycles. The molecule has 3 aromatic rings. The number of hydrogen-bond donors (Lipinski definition) is 2. The lowest BCUT2D eigenvalue weighted by Crippen LogP contribution is -2.36. The molecule has 1 fully saturated rings. The molecular formula is C23H26FN5O4S2. The molecular weight excluding hydrogens is 493 g/mol. The maximum atomic E-state index is 14.9. The third-order valence-electron chi connectivity index (χ3n) is 5.57. The van der Waals surface area contributed by atoms with Gasteiger partial charge in [-0.25, -0.2) is 22.8 Å². The number of halogens is 1. The standard InChI is InChI=1S/C23H26FN5O4S2/c1-5-33-19-12-25-11-18(26-19)14-6-9-17(16(24)10-14)27-21(30)23(3,4)20-13(2)34-22(28-20)29-35(31,32)15-7-8-15/h6,9-12,15H,5,7-8H2,1-4H3,(H,27,30)(H,28,29). The summed E-state index contributed by atoms with van der Waals surface area (Å²) in [5, 5.41) is 2.46. The van der Waals surface area contributed by atoms with E-state index in [0.29, 0.717) is 47.2 Å². The predicted octanol–water partition coefficient (Wildman–Crippen LogP) is 4.27. The zero-order valence-corrected chi connectivity index (χ0v) is 21.4. The molecule has 1 amide bonds. The number of thiazole rings is 1. The number of rotatable bonds is 9. The Morgan fingerprint density at radius 2 is 2.00 bits per heavy atom. The summed E-state index contributed by atoms with van der Waals surface area (Å²) >= 11 is 1.17. The highest BCUT2D eigenvalue weighted by Crippen LogP contribution is 2.36. The summed E-state index contributed by atoms with van der Waals surface area (Å²) < 4.78 is 47.2. The monoisotopic (exact) mass is 519 g/mol. The van der Waals surface area contributed by atoms with Crippen LogP contribution in [0.1, 0.15) is 44.2 Å². The van der Waals surface area contributed by atoms with Gasteiger partial charge in [0, 0.05) is 10.4 Å². The molecule has 4 rings (SSSR count). The topological polar surface area (TPSA) is 123 Å². The predicted molar refractivity (Wildman–Crippen MR) is 133 cm³/mol. The van der Waals surface area contributed by atoms with Crippen LogP contribution in [0.25, 0.3) is 11.3 Å². The zero-order valence-electron chi connectivity index (χ0n) is 19.8. The number of ether oxygens (including phenoxy) is 1. The average molecular weight is 520 g/mol. The van der Waals surface area contributed by atoms with Crippen LogP contribution in [0.4, 0.5) is 15.2 Å². The molecule has 0 saturated heterocycles. The van der Waals surface area contributed by atoms with Crippen LogP contribution in [-0.2, 0) is 20.2 Å². The number of benzene rings is 1. The summed E-state index contributed by atoms with van der Waals surface area (Å²) in [6, 6.07) is 4.35. The molecule has 2 aromatic heterocycles. The summed E-state index contributed by atoms with van der Waals surface area (Å²) in [7, 11) is -3.47. The van der Waals surface area contributed by atoms with E-state index in [1.807, 2.05) is 6.92 Å². The molecule has 2 N–H and O–H groups in total. The van der Waals surface area contributed by atoms with E-state index >= 15 is 0 Å². The lowest BCUT2D eigenvalue weighted by Gasteiger charge is -2.23. The molecule has 0 aliphatic heterocycles. The quantitative estimate of drug-likeness (QED) is 0.433. The number of sulfonamides is 1. The molecule has 0 unspecified atom stereocenters. The summed E-state index contributed by atoms with van der Waals surface area (Å²) in [5.74, 6) is -0.780. The molecule has 1 aromatic carbocycles. The van der Waals surface area contributed by atoms with Gasteiger partial charge in [0.1, 0.15) is 5.82 Å². The second-order valence-electron chi connectivity index (χ2n) is 8.72. The van der Waals surface area contributed by atoms with E-state index in [4.69, 9.17) is 4.74 Å². The van der Waals surface area contributed by atoms with E-state index in [-0.39, 0.29) is 16.1 Å². The molecule has 0 bridgehead atoms. The third kappa shape index (κ3) is 5.43. The van der Waals surface area contributed by atoms with E-state index in [2.05, 4.69) is 25.0 Å². The Balaban J connectivity index is 1.51. The fourth-order valence-electron chi connectivity index (χ4n) is 3.47. The van der Waals surface area contributed by atoms with E-state index in [1.54, 1.807) is 26.8 Å². The number of hydrogen-bond acceptors (Lipinski definition) is 8. The first-order chi connectivity index (χ1) is 16.5. The van der Waals surface area contributed by atoms with Gasteiger partial charge >= 0.3 is 0 Å². The number of aryl methyl sites for hydroxylation is 1. The van der Waals surface area contributed by atoms with Crippen LogP contribution in [0.2, 0.25) is 0 Å². The Bertz CT molecular complexity index is 1370. The number of anilines is 2. The van der Waals surface area contributed by atoms with Crippen molar-refractivity contribution in [2.45, 2.75) is 51.2 Å². The van der Waals surface area contributed by atoms with Gasteiger partial charge in [-0.05, 0) is 52.7 Å². The van der Waals surface area contributed by atoms with E-state index in [1.165, 1.54) is 35.9 Å². The van der Waals surface area contributed by atoms with E-state index < -0.39 is 27.2 Å². The van der Waals surface area contributed by atoms with Gasteiger partial charge < -0.3 is 10.1 Å². The summed E-state index contributed by atoms with van der Waals surface area (Å²) in [6.45, 7) is 7.34. The van der Waals surface area contributed by atoms with E-state index in [9.17, 15) is 17.6 Å². The Kier molecular flexibility index (Phi) is 6.78. The highest BCUT2D eigenvalue weighted by atomic mass is 32.2. The minimum atomic E-state index is -3.47. The van der Waals surface area contributed by atoms with Gasteiger partial charge in [-0.1, -0.05) is 6.07 Å². The second-order valence-corrected chi connectivity index (χ2v) is 11.9. The van der Waals surface area contributed by atoms with Crippen molar-refractivity contribution in [2.75, 3.05) is 16.6 Å². The number of aromatic nitrogens is 3. The van der Waals surface area contributed by atoms with Crippen LogP contribution in [0.5, 0.6) is 5.88 Å². The molecule has 12 heteroatoms. The Morgan fingerprint density at radius 1 is 1.26 bits per heavy atom. The van der Waals surface area contributed by atoms with Crippen molar-refractivity contribution in [3.8, 4) is 17.1 Å². The summed E-state index contributed by atoms with van der Waals surface area (Å²) in [5.41, 5.74) is 0.202. The number of nitrogens with zero attached hydrogens (tertiary/aromatic N) is 3. The second kappa shape index (κ2) is 9.50. The fraction of sp³-hybridized carbons (Fsp3) is 0.391. The van der Waals surface area contributed by atoms with Crippen molar-refractivity contribution in [3.63, 3.8) is 0 Å². The molecule has 0 spiro atoms. The third-order valence-corrected chi connectivity index (χ3v) is 8.41. The molecule has 35 heavy (non-hydrogen) atoms. The van der Waals surface area contributed by atoms with Crippen molar-refractivity contribution < 1.29 is 22.3 Å². The van der Waals surface area contributed by atoms with Crippen LogP contribution in [0.15, 0.2) is 30.6 Å². The Labute approximate surface area is 207 Å². The van der Waals surface area contributed by atoms with Crippen LogP contribution < -0.4 is 14.8 Å². The van der Waals surface area contributed by atoms with Gasteiger partial charge in [0.25, 0.3) is 0 Å². The van der Waals surface area contributed by atoms with Gasteiger partial charge in [0.2, 0.25) is 21.8 Å². The maximum absolute atomic E-state index is 14.9. The largest absolute Gasteiger partial charge is 0.477 e. The van der Waals surface area contributed by atoms with Crippen LogP contribution in [0.3, 0.4) is 0 Å². The lowest BCUT2D eigenvalue weighted by molar-refractivity contribution is -0.120. The number of amides is 1. The molecule has 2 heterocycles. The van der Waals surface area contributed by atoms with Gasteiger partial charge in [-0.2, -0.15) is 0 Å². The molecule has 186 valence electrons. The highest BCUT2D eigenvalue weighted by molar-refractivity contribution is 7.93. The molecule has 1 aliphatic rings. The van der Waals surface area contributed by atoms with Crippen molar-refractivity contribution in [3.05, 3.63) is 47.0 Å². The SMILES string of the molecule is CCOc1cncc(-c2ccc(NC(=O)C(C)(C)c3nc(NS(=O)(=O)C4CC4)sc3C)c(F)c2)n1. The summed E-state index contributed by atoms with van der Waals surface area (Å²) in [6.07, 6.45) is 4.24. The minimum absolute atomic E-state index is 0.00305. The van der Waals surface area contributed by atoms with Crippen LogP contribution >= 0.6 is 11.3 Å². The average Bonchev–Trinajstić information content (AvgIpc) is 3.59. The number of carbonyl (C=O) groups is 1. The summed E-state index contributed by atoms with van der Waals surface area (Å²) in [4.78, 5) is 26.6. The van der Waals surface area contributed by atoms with Gasteiger partial charge in [0.05, 0.1) is 46.7 Å². The first-order valence-corrected chi connectivity index (χ1v) is 13.4. The van der Waals surface area contributed by atoms with Crippen molar-refractivity contribution >= 4 is 38.1 Å². The smallest absolute Gasteiger partial charge is 0.237 e. The maximum Gasteiger partial charge on any atom is 0.237 e. The van der Waals surface area contributed by atoms with Gasteiger partial charge in [-0.3, -0.25) is 14.5 Å². The molecule has 9 nitrogen and oxygen atoms in total. The fourth-order valence-corrected chi connectivity index (χ4v) is 6.02. The van der Waals surface area contributed by atoms with Crippen molar-refractivity contribution in [1.29, 1.82) is 0 Å². The van der Waals surface area contributed by atoms with Crippen molar-refractivity contribution in [2.24, 2.45) is 0 Å². The minimum Gasteiger partial charge on any atom is -0.477 e. The molecule has 0 radical (unpaired) electrons. The van der Waals surface area contributed by atoms with Crippen molar-refractivity contribution in [1.82, 2.24) is 15.0 Å². The van der Waals surface area contributed by atoms with Gasteiger partial charge in [0.15, 0.2) is 5.13 Å². The number of nitrogens with one attached hydrogen (secondary N) is 2. The van der Waals surface area contributed by atoms with E-state index in [0.717, 1.165) is 0 Å². The zero-order chi connectivity index (χ0) is 25.4. The lowest BCUT2D eigenvalue weighted by atomic mass is 9.87. The highest BCUT2D eigenvalue weighted by Gasteiger charge is 2.38. The van der Waals surface area contributed by atoms with Crippen LogP contribution in [0, 0.1) is 12.7 Å². The Morgan fingerprint density at radius 3 is 2.66 bits per heavy atom. The first-order valence-electron chi connectivity index (χ1n) is 11.1. The van der Waals surface area contributed by atoms with Crippen LogP contribution in [-0.4, -0.2) is 41.1 Å². The first kappa shape index (κ1) is 25.0. The molecule has 0 atom stereocenters. The van der Waals surface area contributed by atoms with Gasteiger partial charge in [-0.15, -0.1) is 11.3 Å². The Hall–Kier alpha value is -3.12. The normalized spacial score (nSPS) is 14.0.